The van der Waals surface area contributed by atoms with E-state index in [1.165, 1.54) is 12.8 Å². The summed E-state index contributed by atoms with van der Waals surface area (Å²) in [5.41, 5.74) is -0.413. The molecule has 0 aliphatic rings. The van der Waals surface area contributed by atoms with Gasteiger partial charge in [0.1, 0.15) is 5.54 Å². The highest BCUT2D eigenvalue weighted by Crippen LogP contribution is 2.05. The summed E-state index contributed by atoms with van der Waals surface area (Å²) in [5.74, 6) is 0. The molecule has 1 atom stereocenters. The van der Waals surface area contributed by atoms with Gasteiger partial charge < -0.3 is 10.2 Å². The first-order valence-corrected chi connectivity index (χ1v) is 5.44. The minimum atomic E-state index is -0.413. The van der Waals surface area contributed by atoms with Gasteiger partial charge in [0.25, 0.3) is 0 Å². The Morgan fingerprint density at radius 2 is 2.07 bits per heavy atom. The van der Waals surface area contributed by atoms with Crippen LogP contribution in [0.1, 0.15) is 33.6 Å². The minimum Gasteiger partial charge on any atom is -0.302 e. The number of hydrogen-bond acceptors (Lipinski definition) is 3. The van der Waals surface area contributed by atoms with Gasteiger partial charge in [-0.1, -0.05) is 20.3 Å². The molecule has 0 aromatic rings. The molecule has 14 heavy (non-hydrogen) atoms. The molecule has 82 valence electrons. The molecule has 1 N–H and O–H groups in total. The van der Waals surface area contributed by atoms with Crippen LogP contribution in [-0.4, -0.2) is 37.1 Å². The zero-order chi connectivity index (χ0) is 11.0. The Kier molecular flexibility index (Phi) is 6.52. The van der Waals surface area contributed by atoms with E-state index in [9.17, 15) is 0 Å². The highest BCUT2D eigenvalue weighted by molar-refractivity contribution is 5.04. The Morgan fingerprint density at radius 1 is 1.43 bits per heavy atom. The summed E-state index contributed by atoms with van der Waals surface area (Å²) in [7, 11) is 1.84. The Hall–Kier alpha value is -0.590. The van der Waals surface area contributed by atoms with E-state index in [1.54, 1.807) is 0 Å². The molecule has 0 rings (SSSR count). The number of nitrogens with zero attached hydrogens (tertiary/aromatic N) is 2. The van der Waals surface area contributed by atoms with Crippen molar-refractivity contribution in [2.24, 2.45) is 0 Å². The average Bonchev–Trinajstić information content (AvgIpc) is 2.23. The molecule has 0 bridgehead atoms. The molecule has 0 aromatic carbocycles. The molecule has 0 aliphatic carbocycles. The van der Waals surface area contributed by atoms with Gasteiger partial charge in [0.15, 0.2) is 0 Å². The fourth-order valence-electron chi connectivity index (χ4n) is 1.35. The third-order valence-corrected chi connectivity index (χ3v) is 2.61. The van der Waals surface area contributed by atoms with Crippen LogP contribution in [0.2, 0.25) is 0 Å². The lowest BCUT2D eigenvalue weighted by Crippen LogP contribution is -2.49. The van der Waals surface area contributed by atoms with Crippen LogP contribution < -0.4 is 5.32 Å². The summed E-state index contributed by atoms with van der Waals surface area (Å²) in [6.07, 6.45) is 2.42. The summed E-state index contributed by atoms with van der Waals surface area (Å²) >= 11 is 0. The van der Waals surface area contributed by atoms with Crippen molar-refractivity contribution in [3.8, 4) is 6.07 Å². The first-order chi connectivity index (χ1) is 6.61. The van der Waals surface area contributed by atoms with Crippen molar-refractivity contribution >= 4 is 0 Å². The van der Waals surface area contributed by atoms with E-state index in [0.717, 1.165) is 19.6 Å². The fourth-order valence-corrected chi connectivity index (χ4v) is 1.35. The number of hydrogen-bond donors (Lipinski definition) is 1. The maximum Gasteiger partial charge on any atom is 0.116 e. The predicted molar refractivity (Wildman–Crippen MR) is 60.1 cm³/mol. The van der Waals surface area contributed by atoms with Crippen LogP contribution in [0, 0.1) is 11.3 Å². The van der Waals surface area contributed by atoms with Crippen molar-refractivity contribution in [1.82, 2.24) is 10.2 Å². The molecule has 0 aliphatic heterocycles. The smallest absolute Gasteiger partial charge is 0.116 e. The van der Waals surface area contributed by atoms with Crippen molar-refractivity contribution in [3.05, 3.63) is 0 Å². The van der Waals surface area contributed by atoms with E-state index in [0.29, 0.717) is 0 Å². The average molecular weight is 197 g/mol. The molecule has 0 saturated heterocycles. The van der Waals surface area contributed by atoms with E-state index < -0.39 is 5.54 Å². The zero-order valence-electron chi connectivity index (χ0n) is 9.93. The van der Waals surface area contributed by atoms with Gasteiger partial charge in [-0.2, -0.15) is 5.26 Å². The second kappa shape index (κ2) is 6.80. The monoisotopic (exact) mass is 197 g/mol. The van der Waals surface area contributed by atoms with Crippen LogP contribution in [-0.2, 0) is 0 Å². The Morgan fingerprint density at radius 3 is 2.43 bits per heavy atom. The number of nitriles is 1. The third kappa shape index (κ3) is 4.59. The first-order valence-electron chi connectivity index (χ1n) is 5.44. The maximum absolute atomic E-state index is 9.02. The lowest BCUT2D eigenvalue weighted by Gasteiger charge is -2.29. The Labute approximate surface area is 88.1 Å². The van der Waals surface area contributed by atoms with Gasteiger partial charge in [0.2, 0.25) is 0 Å². The van der Waals surface area contributed by atoms with Crippen molar-refractivity contribution in [3.63, 3.8) is 0 Å². The van der Waals surface area contributed by atoms with Gasteiger partial charge in [0, 0.05) is 6.54 Å². The number of rotatable bonds is 7. The number of likely N-dealkylation sites (N-methyl/N-ethyl adjacent to an activating group) is 2. The summed E-state index contributed by atoms with van der Waals surface area (Å²) < 4.78 is 0. The van der Waals surface area contributed by atoms with Gasteiger partial charge in [-0.25, -0.2) is 0 Å². The quantitative estimate of drug-likeness (QED) is 0.674. The van der Waals surface area contributed by atoms with E-state index in [-0.39, 0.29) is 0 Å². The van der Waals surface area contributed by atoms with Crippen molar-refractivity contribution in [2.75, 3.05) is 26.7 Å². The van der Waals surface area contributed by atoms with Gasteiger partial charge >= 0.3 is 0 Å². The van der Waals surface area contributed by atoms with E-state index in [2.05, 4.69) is 30.1 Å². The summed E-state index contributed by atoms with van der Waals surface area (Å²) in [6.45, 7) is 9.18. The van der Waals surface area contributed by atoms with Crippen LogP contribution >= 0.6 is 0 Å². The van der Waals surface area contributed by atoms with Crippen LogP contribution in [0.3, 0.4) is 0 Å². The van der Waals surface area contributed by atoms with Gasteiger partial charge in [0.05, 0.1) is 6.07 Å². The van der Waals surface area contributed by atoms with Crippen LogP contribution in [0.5, 0.6) is 0 Å². The molecule has 0 saturated carbocycles. The lowest BCUT2D eigenvalue weighted by atomic mass is 10.0. The number of unbranched alkanes of at least 4 members (excludes halogenated alkanes) is 1. The van der Waals surface area contributed by atoms with Gasteiger partial charge in [-0.05, 0) is 33.5 Å². The molecule has 1 unspecified atom stereocenters. The first kappa shape index (κ1) is 13.4. The third-order valence-electron chi connectivity index (χ3n) is 2.61. The molecule has 0 fully saturated rings. The molecular formula is C11H23N3. The van der Waals surface area contributed by atoms with Gasteiger partial charge in [-0.3, -0.25) is 0 Å². The number of nitrogens with one attached hydrogen (secondary N) is 1. The summed E-state index contributed by atoms with van der Waals surface area (Å²) in [4.78, 5) is 2.32. The van der Waals surface area contributed by atoms with Gasteiger partial charge in [-0.15, -0.1) is 0 Å². The van der Waals surface area contributed by atoms with E-state index >= 15 is 0 Å². The van der Waals surface area contributed by atoms with Crippen molar-refractivity contribution < 1.29 is 0 Å². The standard InChI is InChI=1S/C11H23N3/c1-5-7-8-14(6-2)10-11(3,9-12)13-4/h13H,5-8,10H2,1-4H3. The maximum atomic E-state index is 9.02. The fraction of sp³-hybridized carbons (Fsp3) is 0.909. The van der Waals surface area contributed by atoms with Crippen molar-refractivity contribution in [1.29, 1.82) is 5.26 Å². The van der Waals surface area contributed by atoms with E-state index in [1.807, 2.05) is 14.0 Å². The SMILES string of the molecule is CCCCN(CC)CC(C)(C#N)NC. The summed E-state index contributed by atoms with van der Waals surface area (Å²) in [5, 5.41) is 12.1. The highest BCUT2D eigenvalue weighted by Gasteiger charge is 2.23. The molecule has 0 spiro atoms. The second-order valence-corrected chi connectivity index (χ2v) is 3.92. The normalized spacial score (nSPS) is 15.1. The predicted octanol–water partition coefficient (Wildman–Crippen LogP) is 1.61. The van der Waals surface area contributed by atoms with Crippen LogP contribution in [0.25, 0.3) is 0 Å². The Bertz CT molecular complexity index is 185. The molecule has 0 heterocycles. The molecule has 0 aromatic heterocycles. The Balaban J connectivity index is 4.09. The molecule has 0 amide bonds. The van der Waals surface area contributed by atoms with Crippen LogP contribution in [0.15, 0.2) is 0 Å². The minimum absolute atomic E-state index is 0.413. The van der Waals surface area contributed by atoms with E-state index in [4.69, 9.17) is 5.26 Å². The topological polar surface area (TPSA) is 39.1 Å². The highest BCUT2D eigenvalue weighted by atomic mass is 15.2. The second-order valence-electron chi connectivity index (χ2n) is 3.92. The van der Waals surface area contributed by atoms with Crippen molar-refractivity contribution in [2.45, 2.75) is 39.2 Å². The largest absolute Gasteiger partial charge is 0.302 e. The molecule has 3 nitrogen and oxygen atoms in total. The summed E-state index contributed by atoms with van der Waals surface area (Å²) in [6, 6.07) is 2.32. The lowest BCUT2D eigenvalue weighted by molar-refractivity contribution is 0.232. The molecule has 0 radical (unpaired) electrons. The van der Waals surface area contributed by atoms with Crippen LogP contribution in [0.4, 0.5) is 0 Å². The molecule has 3 heteroatoms. The zero-order valence-corrected chi connectivity index (χ0v) is 9.93. The molecular weight excluding hydrogens is 174 g/mol.